The third kappa shape index (κ3) is 5.63. The summed E-state index contributed by atoms with van der Waals surface area (Å²) in [6, 6.07) is 25.7. The first kappa shape index (κ1) is 21.3. The molecule has 4 aromatic rings. The summed E-state index contributed by atoms with van der Waals surface area (Å²) in [6.45, 7) is 2.01. The number of hydrogen-bond acceptors (Lipinski definition) is 4. The lowest BCUT2D eigenvalue weighted by atomic mass is 10.1. The standard InChI is InChI=1S/C25H22ClN3OS/c1-17(14-18-8-4-2-5-9-18)27-23(30)16-31-25-28-22-13-12-20(26)15-21(22)24(29-25)19-10-6-3-7-11-19/h2-13,15,17H,14,16H2,1H3,(H,27,30). The van der Waals surface area contributed by atoms with Crippen molar-refractivity contribution in [2.75, 3.05) is 5.75 Å². The largest absolute Gasteiger partial charge is 0.353 e. The van der Waals surface area contributed by atoms with Gasteiger partial charge in [0, 0.05) is 22.0 Å². The summed E-state index contributed by atoms with van der Waals surface area (Å²) in [7, 11) is 0. The first-order valence-corrected chi connectivity index (χ1v) is 11.4. The number of thioether (sulfide) groups is 1. The fourth-order valence-electron chi connectivity index (χ4n) is 3.43. The van der Waals surface area contributed by atoms with Crippen LogP contribution in [0.5, 0.6) is 0 Å². The maximum Gasteiger partial charge on any atom is 0.230 e. The second kappa shape index (κ2) is 9.94. The van der Waals surface area contributed by atoms with Crippen molar-refractivity contribution in [1.29, 1.82) is 0 Å². The van der Waals surface area contributed by atoms with E-state index in [0.717, 1.165) is 28.6 Å². The van der Waals surface area contributed by atoms with E-state index in [2.05, 4.69) is 22.4 Å². The van der Waals surface area contributed by atoms with Crippen molar-refractivity contribution < 1.29 is 4.79 Å². The van der Waals surface area contributed by atoms with Crippen LogP contribution < -0.4 is 5.32 Å². The zero-order valence-electron chi connectivity index (χ0n) is 17.1. The fourth-order valence-corrected chi connectivity index (χ4v) is 4.26. The number of fused-ring (bicyclic) bond motifs is 1. The van der Waals surface area contributed by atoms with Gasteiger partial charge in [-0.05, 0) is 37.1 Å². The Morgan fingerprint density at radius 3 is 2.45 bits per heavy atom. The van der Waals surface area contributed by atoms with Crippen LogP contribution in [0.15, 0.2) is 84.0 Å². The normalized spacial score (nSPS) is 11.9. The van der Waals surface area contributed by atoms with E-state index < -0.39 is 0 Å². The summed E-state index contributed by atoms with van der Waals surface area (Å²) in [5, 5.41) is 5.16. The molecule has 4 nitrogen and oxygen atoms in total. The lowest BCUT2D eigenvalue weighted by Gasteiger charge is -2.14. The zero-order chi connectivity index (χ0) is 21.6. The van der Waals surface area contributed by atoms with Crippen LogP contribution in [0, 0.1) is 0 Å². The highest BCUT2D eigenvalue weighted by atomic mass is 35.5. The second-order valence-electron chi connectivity index (χ2n) is 7.33. The molecule has 0 spiro atoms. The van der Waals surface area contributed by atoms with Crippen molar-refractivity contribution in [3.05, 3.63) is 89.4 Å². The van der Waals surface area contributed by atoms with Gasteiger partial charge in [0.1, 0.15) is 0 Å². The van der Waals surface area contributed by atoms with Gasteiger partial charge in [0.15, 0.2) is 5.16 Å². The van der Waals surface area contributed by atoms with E-state index in [0.29, 0.717) is 10.2 Å². The molecule has 0 bridgehead atoms. The molecule has 0 fully saturated rings. The summed E-state index contributed by atoms with van der Waals surface area (Å²) in [5.74, 6) is 0.224. The minimum atomic E-state index is -0.0329. The van der Waals surface area contributed by atoms with Crippen molar-refractivity contribution in [2.24, 2.45) is 0 Å². The van der Waals surface area contributed by atoms with Gasteiger partial charge in [-0.25, -0.2) is 9.97 Å². The van der Waals surface area contributed by atoms with Crippen LogP contribution in [-0.2, 0) is 11.2 Å². The predicted octanol–water partition coefficient (Wildman–Crippen LogP) is 5.79. The highest BCUT2D eigenvalue weighted by Gasteiger charge is 2.13. The predicted molar refractivity (Wildman–Crippen MR) is 128 cm³/mol. The van der Waals surface area contributed by atoms with E-state index in [-0.39, 0.29) is 17.7 Å². The Balaban J connectivity index is 1.48. The monoisotopic (exact) mass is 447 g/mol. The summed E-state index contributed by atoms with van der Waals surface area (Å²) < 4.78 is 0. The molecule has 4 rings (SSSR count). The van der Waals surface area contributed by atoms with Gasteiger partial charge in [0.25, 0.3) is 0 Å². The molecule has 0 saturated carbocycles. The molecule has 1 unspecified atom stereocenters. The highest BCUT2D eigenvalue weighted by Crippen LogP contribution is 2.30. The van der Waals surface area contributed by atoms with E-state index in [4.69, 9.17) is 16.6 Å². The van der Waals surface area contributed by atoms with Crippen molar-refractivity contribution in [2.45, 2.75) is 24.5 Å². The first-order valence-electron chi connectivity index (χ1n) is 10.1. The number of rotatable bonds is 7. The van der Waals surface area contributed by atoms with Crippen LogP contribution in [0.2, 0.25) is 5.02 Å². The maximum absolute atomic E-state index is 12.5. The number of aromatic nitrogens is 2. The van der Waals surface area contributed by atoms with E-state index in [9.17, 15) is 4.79 Å². The van der Waals surface area contributed by atoms with Gasteiger partial charge >= 0.3 is 0 Å². The number of nitrogens with one attached hydrogen (secondary N) is 1. The van der Waals surface area contributed by atoms with E-state index in [1.165, 1.54) is 17.3 Å². The van der Waals surface area contributed by atoms with Gasteiger partial charge < -0.3 is 5.32 Å². The molecule has 0 aliphatic rings. The maximum atomic E-state index is 12.5. The molecule has 3 aromatic carbocycles. The smallest absolute Gasteiger partial charge is 0.230 e. The van der Waals surface area contributed by atoms with Gasteiger partial charge in [-0.15, -0.1) is 0 Å². The van der Waals surface area contributed by atoms with Gasteiger partial charge in [-0.3, -0.25) is 4.79 Å². The number of halogens is 1. The molecule has 1 aromatic heterocycles. The second-order valence-corrected chi connectivity index (χ2v) is 8.71. The van der Waals surface area contributed by atoms with Crippen molar-refractivity contribution >= 4 is 40.2 Å². The number of carbonyl (C=O) groups is 1. The summed E-state index contributed by atoms with van der Waals surface area (Å²) in [6.07, 6.45) is 0.794. The first-order chi connectivity index (χ1) is 15.1. The van der Waals surface area contributed by atoms with Crippen LogP contribution in [0.1, 0.15) is 12.5 Å². The molecule has 0 aliphatic carbocycles. The van der Waals surface area contributed by atoms with E-state index in [1.807, 2.05) is 73.7 Å². The molecule has 1 amide bonds. The van der Waals surface area contributed by atoms with Gasteiger partial charge in [-0.2, -0.15) is 0 Å². The number of nitrogens with zero attached hydrogens (tertiary/aromatic N) is 2. The van der Waals surface area contributed by atoms with E-state index >= 15 is 0 Å². The molecular weight excluding hydrogens is 426 g/mol. The minimum absolute atomic E-state index is 0.0329. The molecular formula is C25H22ClN3OS. The molecule has 6 heteroatoms. The van der Waals surface area contributed by atoms with Crippen LogP contribution in [0.3, 0.4) is 0 Å². The van der Waals surface area contributed by atoms with Gasteiger partial charge in [0.2, 0.25) is 5.91 Å². The number of hydrogen-bond donors (Lipinski definition) is 1. The zero-order valence-corrected chi connectivity index (χ0v) is 18.7. The van der Waals surface area contributed by atoms with Gasteiger partial charge in [-0.1, -0.05) is 84.0 Å². The lowest BCUT2D eigenvalue weighted by molar-refractivity contribution is -0.119. The van der Waals surface area contributed by atoms with Crippen LogP contribution in [0.25, 0.3) is 22.2 Å². The topological polar surface area (TPSA) is 54.9 Å². The number of carbonyl (C=O) groups excluding carboxylic acids is 1. The molecule has 0 aliphatic heterocycles. The third-order valence-electron chi connectivity index (χ3n) is 4.81. The molecule has 0 radical (unpaired) electrons. The van der Waals surface area contributed by atoms with Crippen molar-refractivity contribution in [3.8, 4) is 11.3 Å². The molecule has 31 heavy (non-hydrogen) atoms. The molecule has 0 saturated heterocycles. The molecule has 1 N–H and O–H groups in total. The SMILES string of the molecule is CC(Cc1ccccc1)NC(=O)CSc1nc(-c2ccccc2)c2cc(Cl)ccc2n1. The molecule has 156 valence electrons. The summed E-state index contributed by atoms with van der Waals surface area (Å²) in [5.41, 5.74) is 3.80. The number of benzene rings is 3. The Bertz CT molecular complexity index is 1190. The third-order valence-corrected chi connectivity index (χ3v) is 5.89. The quantitative estimate of drug-likeness (QED) is 0.288. The average Bonchev–Trinajstić information content (AvgIpc) is 2.78. The Morgan fingerprint density at radius 1 is 1.00 bits per heavy atom. The average molecular weight is 448 g/mol. The summed E-state index contributed by atoms with van der Waals surface area (Å²) in [4.78, 5) is 21.9. The Kier molecular flexibility index (Phi) is 6.85. The Morgan fingerprint density at radius 2 is 1.71 bits per heavy atom. The molecule has 1 atom stereocenters. The minimum Gasteiger partial charge on any atom is -0.353 e. The van der Waals surface area contributed by atoms with Crippen molar-refractivity contribution in [3.63, 3.8) is 0 Å². The molecule has 1 heterocycles. The van der Waals surface area contributed by atoms with Crippen LogP contribution in [0.4, 0.5) is 0 Å². The fraction of sp³-hybridized carbons (Fsp3) is 0.160. The van der Waals surface area contributed by atoms with Gasteiger partial charge in [0.05, 0.1) is 17.0 Å². The number of amides is 1. The van der Waals surface area contributed by atoms with Crippen LogP contribution >= 0.6 is 23.4 Å². The highest BCUT2D eigenvalue weighted by molar-refractivity contribution is 7.99. The Hall–Kier alpha value is -2.89. The lowest BCUT2D eigenvalue weighted by Crippen LogP contribution is -2.35. The summed E-state index contributed by atoms with van der Waals surface area (Å²) >= 11 is 7.55. The van der Waals surface area contributed by atoms with E-state index in [1.54, 1.807) is 0 Å². The van der Waals surface area contributed by atoms with Crippen molar-refractivity contribution in [1.82, 2.24) is 15.3 Å². The van der Waals surface area contributed by atoms with Crippen LogP contribution in [-0.4, -0.2) is 27.7 Å². The Labute approximate surface area is 191 Å².